The van der Waals surface area contributed by atoms with Gasteiger partial charge in [-0.3, -0.25) is 0 Å². The summed E-state index contributed by atoms with van der Waals surface area (Å²) in [6.45, 7) is 0. The number of nitrogens with one attached hydrogen (secondary N) is 3. The summed E-state index contributed by atoms with van der Waals surface area (Å²) in [7, 11) is -0.0278. The smallest absolute Gasteiger partial charge is 0.216 e. The van der Waals surface area contributed by atoms with E-state index in [2.05, 4.69) is 15.3 Å². The van der Waals surface area contributed by atoms with Crippen molar-refractivity contribution in [1.29, 1.82) is 0 Å². The van der Waals surface area contributed by atoms with Gasteiger partial charge < -0.3 is 0 Å². The molecule has 16 heavy (non-hydrogen) atoms. The minimum absolute atomic E-state index is 0.0278. The second-order valence-corrected chi connectivity index (χ2v) is 3.48. The van der Waals surface area contributed by atoms with Crippen molar-refractivity contribution in [2.45, 2.75) is 0 Å². The molecule has 3 N–H and O–H groups in total. The van der Waals surface area contributed by atoms with Crippen molar-refractivity contribution in [3.8, 4) is 0 Å². The number of hydrogen-bond donors (Lipinski definition) is 3. The maximum Gasteiger partial charge on any atom is 0.988 e. The Labute approximate surface area is 92.3 Å². The third-order valence-electron chi connectivity index (χ3n) is 2.45. The van der Waals surface area contributed by atoms with Gasteiger partial charge in [-0.1, -0.05) is 0 Å². The molecule has 3 aromatic rings. The van der Waals surface area contributed by atoms with E-state index >= 15 is 0 Å². The van der Waals surface area contributed by atoms with Crippen LogP contribution in [0.5, 0.6) is 0 Å². The Morgan fingerprint density at radius 2 is 1.00 bits per heavy atom. The minimum atomic E-state index is -0.0278. The number of aromatic amines is 3. The Balaban J connectivity index is 2.09. The summed E-state index contributed by atoms with van der Waals surface area (Å²) < 4.78 is 5.94. The van der Waals surface area contributed by atoms with Crippen LogP contribution in [0.15, 0.2) is 55.4 Å². The largest absolute Gasteiger partial charge is 0.988 e. The SMILES string of the molecule is c1c[nH][n+]([B-]([n+]2ccc[nH]2)[n+]2ccc[nH]2)c1. The predicted octanol–water partition coefficient (Wildman–Crippen LogP) is -1.54. The van der Waals surface area contributed by atoms with E-state index in [9.17, 15) is 0 Å². The summed E-state index contributed by atoms with van der Waals surface area (Å²) in [6, 6.07) is 5.88. The van der Waals surface area contributed by atoms with Crippen molar-refractivity contribution in [2.24, 2.45) is 0 Å². The summed E-state index contributed by atoms with van der Waals surface area (Å²) in [4.78, 5) is 0. The van der Waals surface area contributed by atoms with Crippen LogP contribution in [0.4, 0.5) is 0 Å². The van der Waals surface area contributed by atoms with Gasteiger partial charge in [0.25, 0.3) is 0 Å². The van der Waals surface area contributed by atoms with Gasteiger partial charge in [-0.15, -0.1) is 0 Å². The monoisotopic (exact) mass is 215 g/mol. The fraction of sp³-hybridized carbons (Fsp3) is 0. The Bertz CT molecular complexity index is 445. The van der Waals surface area contributed by atoms with Crippen molar-refractivity contribution in [2.75, 3.05) is 0 Å². The Morgan fingerprint density at radius 1 is 0.625 bits per heavy atom. The molecular weight excluding hydrogens is 203 g/mol. The second-order valence-electron chi connectivity index (χ2n) is 3.48. The van der Waals surface area contributed by atoms with E-state index in [1.165, 1.54) is 0 Å². The molecule has 0 atom stereocenters. The highest BCUT2D eigenvalue weighted by Crippen LogP contribution is 1.76. The van der Waals surface area contributed by atoms with Gasteiger partial charge in [0.15, 0.2) is 0 Å². The Hall–Kier alpha value is -2.31. The summed E-state index contributed by atoms with van der Waals surface area (Å²) in [5.74, 6) is 0. The van der Waals surface area contributed by atoms with Crippen LogP contribution in [-0.4, -0.2) is 22.4 Å². The number of hydrogen-bond acceptors (Lipinski definition) is 0. The first-order valence-corrected chi connectivity index (χ1v) is 5.09. The van der Waals surface area contributed by atoms with Gasteiger partial charge in [-0.05, 0) is 0 Å². The lowest BCUT2D eigenvalue weighted by Crippen LogP contribution is -2.85. The van der Waals surface area contributed by atoms with Gasteiger partial charge >= 0.3 is 7.12 Å². The zero-order valence-corrected chi connectivity index (χ0v) is 8.62. The first-order valence-electron chi connectivity index (χ1n) is 5.09. The van der Waals surface area contributed by atoms with Gasteiger partial charge in [0, 0.05) is 18.2 Å². The number of aromatic nitrogens is 6. The number of nitrogens with zero attached hydrogens (tertiary/aromatic N) is 3. The molecule has 3 heterocycles. The topological polar surface area (TPSA) is 59.0 Å². The summed E-state index contributed by atoms with van der Waals surface area (Å²) in [6.07, 6.45) is 11.6. The standard InChI is InChI=1S/C9H12BN6/c1-4-11-14(7-1)10(15-8-2-5-12-15)16-9-3-6-13-16/h1-9,11-13H/q+2. The molecule has 79 valence electrons. The quantitative estimate of drug-likeness (QED) is 0.444. The van der Waals surface area contributed by atoms with Crippen molar-refractivity contribution in [3.05, 3.63) is 55.4 Å². The molecule has 1 radical (unpaired) electrons. The van der Waals surface area contributed by atoms with Gasteiger partial charge in [0.2, 0.25) is 0 Å². The highest BCUT2D eigenvalue weighted by atomic mass is 15.4. The third kappa shape index (κ3) is 1.42. The van der Waals surface area contributed by atoms with Crippen molar-refractivity contribution >= 4 is 7.12 Å². The summed E-state index contributed by atoms with van der Waals surface area (Å²) in [5.41, 5.74) is 0. The molecule has 7 heteroatoms. The van der Waals surface area contributed by atoms with E-state index < -0.39 is 0 Å². The van der Waals surface area contributed by atoms with Gasteiger partial charge in [0.05, 0.1) is 18.6 Å². The maximum absolute atomic E-state index is 3.15. The van der Waals surface area contributed by atoms with E-state index in [0.717, 1.165) is 0 Å². The van der Waals surface area contributed by atoms with E-state index in [-0.39, 0.29) is 7.12 Å². The predicted molar refractivity (Wildman–Crippen MR) is 54.9 cm³/mol. The molecule has 0 saturated carbocycles. The number of H-pyrrole nitrogens is 3. The van der Waals surface area contributed by atoms with Crippen LogP contribution in [0.25, 0.3) is 0 Å². The van der Waals surface area contributed by atoms with Crippen LogP contribution in [-0.2, 0) is 0 Å². The molecule has 0 aliphatic heterocycles. The van der Waals surface area contributed by atoms with E-state index in [0.29, 0.717) is 0 Å². The van der Waals surface area contributed by atoms with Crippen LogP contribution in [0, 0.1) is 0 Å². The van der Waals surface area contributed by atoms with Crippen LogP contribution in [0.2, 0.25) is 0 Å². The van der Waals surface area contributed by atoms with Crippen molar-refractivity contribution < 1.29 is 13.8 Å². The maximum atomic E-state index is 3.15. The van der Waals surface area contributed by atoms with Crippen molar-refractivity contribution in [1.82, 2.24) is 15.3 Å². The fourth-order valence-electron chi connectivity index (χ4n) is 1.76. The van der Waals surface area contributed by atoms with E-state index in [1.807, 2.05) is 69.2 Å². The third-order valence-corrected chi connectivity index (χ3v) is 2.45. The van der Waals surface area contributed by atoms with E-state index in [4.69, 9.17) is 0 Å². The molecule has 3 rings (SSSR count). The lowest BCUT2D eigenvalue weighted by atomic mass is 9.96. The van der Waals surface area contributed by atoms with Crippen LogP contribution < -0.4 is 13.8 Å². The molecule has 0 aromatic carbocycles. The van der Waals surface area contributed by atoms with Crippen LogP contribution in [0.3, 0.4) is 0 Å². The van der Waals surface area contributed by atoms with Crippen LogP contribution in [0.1, 0.15) is 0 Å². The minimum Gasteiger partial charge on any atom is -0.216 e. The summed E-state index contributed by atoms with van der Waals surface area (Å²) >= 11 is 0. The molecule has 0 amide bonds. The molecule has 0 spiro atoms. The number of rotatable bonds is 3. The molecular formula is C9H12BN6+2. The normalized spacial score (nSPS) is 11.1. The first-order chi connectivity index (χ1) is 7.95. The average Bonchev–Trinajstić information content (AvgIpc) is 3.02. The molecule has 0 aliphatic rings. The van der Waals surface area contributed by atoms with Crippen molar-refractivity contribution in [3.63, 3.8) is 0 Å². The average molecular weight is 215 g/mol. The van der Waals surface area contributed by atoms with E-state index in [1.54, 1.807) is 0 Å². The highest BCUT2D eigenvalue weighted by Gasteiger charge is 2.47. The van der Waals surface area contributed by atoms with Gasteiger partial charge in [0.1, 0.15) is 18.6 Å². The lowest BCUT2D eigenvalue weighted by Gasteiger charge is -1.99. The molecule has 0 aliphatic carbocycles. The van der Waals surface area contributed by atoms with Gasteiger partial charge in [-0.2, -0.15) is 0 Å². The Kier molecular flexibility index (Phi) is 2.07. The molecule has 0 unspecified atom stereocenters. The molecule has 6 nitrogen and oxygen atoms in total. The van der Waals surface area contributed by atoms with Crippen LogP contribution >= 0.6 is 0 Å². The molecule has 0 fully saturated rings. The zero-order valence-electron chi connectivity index (χ0n) is 8.62. The second kappa shape index (κ2) is 3.69. The first kappa shape index (κ1) is 8.96. The fourth-order valence-corrected chi connectivity index (χ4v) is 1.76. The molecule has 3 aromatic heterocycles. The zero-order chi connectivity index (χ0) is 10.8. The molecule has 0 bridgehead atoms. The Morgan fingerprint density at radius 3 is 1.25 bits per heavy atom. The molecule has 0 saturated heterocycles. The highest BCUT2D eigenvalue weighted by molar-refractivity contribution is 6.27. The lowest BCUT2D eigenvalue weighted by molar-refractivity contribution is -0.846. The summed E-state index contributed by atoms with van der Waals surface area (Å²) in [5, 5.41) is 9.45. The van der Waals surface area contributed by atoms with Gasteiger partial charge in [-0.25, -0.2) is 29.1 Å².